The summed E-state index contributed by atoms with van der Waals surface area (Å²) in [5.74, 6) is 0.792. The molecule has 0 radical (unpaired) electrons. The Morgan fingerprint density at radius 1 is 1.30 bits per heavy atom. The van der Waals surface area contributed by atoms with E-state index in [1.54, 1.807) is 0 Å². The number of amides is 1. The number of piperazine rings is 1. The molecule has 1 amide bonds. The molecular weight excluding hydrogens is 435 g/mol. The molecule has 20 heavy (non-hydrogen) atoms. The summed E-state index contributed by atoms with van der Waals surface area (Å²) >= 11 is 5.65. The number of halogens is 2. The normalized spacial score (nSPS) is 16.2. The molecule has 0 saturated carbocycles. The maximum atomic E-state index is 12.1. The maximum absolute atomic E-state index is 12.1. The minimum absolute atomic E-state index is 0.0655. The zero-order chi connectivity index (χ0) is 14.5. The van der Waals surface area contributed by atoms with Crippen molar-refractivity contribution < 1.29 is 9.53 Å². The van der Waals surface area contributed by atoms with Crippen LogP contribution in [0, 0.1) is 3.57 Å². The Morgan fingerprint density at radius 3 is 2.60 bits per heavy atom. The number of hydrogen-bond acceptors (Lipinski definition) is 3. The first kappa shape index (κ1) is 16.0. The molecule has 1 saturated heterocycles. The number of carbonyl (C=O) groups is 1. The lowest BCUT2D eigenvalue weighted by Gasteiger charge is -2.33. The van der Waals surface area contributed by atoms with Crippen molar-refractivity contribution >= 4 is 44.4 Å². The number of ether oxygens (including phenoxy) is 1. The summed E-state index contributed by atoms with van der Waals surface area (Å²) in [6.07, 6.45) is 0. The molecule has 1 fully saturated rings. The van der Waals surface area contributed by atoms with Gasteiger partial charge in [0.25, 0.3) is 5.91 Å². The molecule has 0 aromatic heterocycles. The molecule has 0 N–H and O–H groups in total. The zero-order valence-electron chi connectivity index (χ0n) is 11.4. The van der Waals surface area contributed by atoms with Crippen LogP contribution in [0.4, 0.5) is 0 Å². The second-order valence-corrected chi connectivity index (χ2v) is 6.87. The largest absolute Gasteiger partial charge is 0.484 e. The van der Waals surface area contributed by atoms with Crippen LogP contribution < -0.4 is 4.74 Å². The van der Waals surface area contributed by atoms with Crippen LogP contribution in [-0.2, 0) is 4.79 Å². The van der Waals surface area contributed by atoms with E-state index in [1.807, 2.05) is 23.1 Å². The van der Waals surface area contributed by atoms with Crippen LogP contribution in [0.15, 0.2) is 22.7 Å². The number of nitrogens with zero attached hydrogens (tertiary/aromatic N) is 2. The second kappa shape index (κ2) is 7.61. The minimum Gasteiger partial charge on any atom is -0.484 e. The van der Waals surface area contributed by atoms with Gasteiger partial charge in [-0.25, -0.2) is 0 Å². The van der Waals surface area contributed by atoms with E-state index in [0.717, 1.165) is 46.5 Å². The molecular formula is C14H18BrIN2O2. The monoisotopic (exact) mass is 452 g/mol. The Labute approximate surface area is 141 Å². The maximum Gasteiger partial charge on any atom is 0.260 e. The average Bonchev–Trinajstić information content (AvgIpc) is 2.44. The number of benzene rings is 1. The third-order valence-electron chi connectivity index (χ3n) is 3.37. The summed E-state index contributed by atoms with van der Waals surface area (Å²) in [7, 11) is 0. The van der Waals surface area contributed by atoms with Gasteiger partial charge < -0.3 is 14.5 Å². The summed E-state index contributed by atoms with van der Waals surface area (Å²) in [4.78, 5) is 16.3. The fraction of sp³-hybridized carbons (Fsp3) is 0.500. The molecule has 2 rings (SSSR count). The summed E-state index contributed by atoms with van der Waals surface area (Å²) in [6.45, 7) is 6.81. The van der Waals surface area contributed by atoms with Gasteiger partial charge in [0.2, 0.25) is 0 Å². The van der Waals surface area contributed by atoms with E-state index in [-0.39, 0.29) is 12.5 Å². The van der Waals surface area contributed by atoms with Crippen molar-refractivity contribution in [1.29, 1.82) is 0 Å². The summed E-state index contributed by atoms with van der Waals surface area (Å²) in [5, 5.41) is 0. The highest BCUT2D eigenvalue weighted by Crippen LogP contribution is 2.22. The first-order valence-electron chi connectivity index (χ1n) is 6.67. The third kappa shape index (κ3) is 4.60. The quantitative estimate of drug-likeness (QED) is 0.658. The molecule has 0 aliphatic carbocycles. The highest BCUT2D eigenvalue weighted by molar-refractivity contribution is 14.1. The topological polar surface area (TPSA) is 32.8 Å². The molecule has 0 atom stereocenters. The van der Waals surface area contributed by atoms with E-state index < -0.39 is 0 Å². The van der Waals surface area contributed by atoms with Gasteiger partial charge in [0.1, 0.15) is 5.75 Å². The smallest absolute Gasteiger partial charge is 0.260 e. The van der Waals surface area contributed by atoms with Crippen LogP contribution in [-0.4, -0.2) is 55.0 Å². The van der Waals surface area contributed by atoms with E-state index in [1.165, 1.54) is 0 Å². The van der Waals surface area contributed by atoms with Gasteiger partial charge in [-0.15, -0.1) is 0 Å². The van der Waals surface area contributed by atoms with Gasteiger partial charge in [0.15, 0.2) is 6.61 Å². The van der Waals surface area contributed by atoms with Crippen LogP contribution in [0.3, 0.4) is 0 Å². The summed E-state index contributed by atoms with van der Waals surface area (Å²) < 4.78 is 7.64. The van der Waals surface area contributed by atoms with Gasteiger partial charge in [-0.2, -0.15) is 0 Å². The van der Waals surface area contributed by atoms with E-state index in [0.29, 0.717) is 0 Å². The van der Waals surface area contributed by atoms with Crippen molar-refractivity contribution in [2.45, 2.75) is 6.92 Å². The lowest BCUT2D eigenvalue weighted by molar-refractivity contribution is -0.135. The van der Waals surface area contributed by atoms with Crippen LogP contribution in [0.2, 0.25) is 0 Å². The standard InChI is InChI=1S/C14H18BrIN2O2/c1-2-17-3-5-18(6-4-17)14(19)10-20-13-8-11(15)7-12(16)9-13/h7-9H,2-6,10H2,1H3. The lowest BCUT2D eigenvalue weighted by atomic mass is 10.3. The summed E-state index contributed by atoms with van der Waals surface area (Å²) in [6, 6.07) is 5.80. The zero-order valence-corrected chi connectivity index (χ0v) is 15.2. The molecule has 1 aliphatic rings. The average molecular weight is 453 g/mol. The Morgan fingerprint density at radius 2 is 2.00 bits per heavy atom. The summed E-state index contributed by atoms with van der Waals surface area (Å²) in [5.41, 5.74) is 0. The Bertz CT molecular complexity index is 456. The van der Waals surface area contributed by atoms with Crippen molar-refractivity contribution in [3.8, 4) is 5.75 Å². The van der Waals surface area contributed by atoms with E-state index in [2.05, 4.69) is 50.3 Å². The van der Waals surface area contributed by atoms with Crippen LogP contribution in [0.25, 0.3) is 0 Å². The van der Waals surface area contributed by atoms with Gasteiger partial charge in [-0.05, 0) is 47.3 Å². The first-order chi connectivity index (χ1) is 9.58. The van der Waals surface area contributed by atoms with Crippen molar-refractivity contribution in [1.82, 2.24) is 9.80 Å². The predicted octanol–water partition coefficient (Wildman–Crippen LogP) is 2.60. The van der Waals surface area contributed by atoms with Gasteiger partial charge in [0, 0.05) is 34.2 Å². The van der Waals surface area contributed by atoms with Crippen LogP contribution in [0.5, 0.6) is 5.75 Å². The van der Waals surface area contributed by atoms with Crippen molar-refractivity contribution in [2.24, 2.45) is 0 Å². The van der Waals surface area contributed by atoms with Crippen molar-refractivity contribution in [3.05, 3.63) is 26.2 Å². The molecule has 1 aromatic carbocycles. The lowest BCUT2D eigenvalue weighted by Crippen LogP contribution is -2.49. The minimum atomic E-state index is 0.0655. The third-order valence-corrected chi connectivity index (χ3v) is 4.45. The SMILES string of the molecule is CCN1CCN(C(=O)COc2cc(Br)cc(I)c2)CC1. The molecule has 0 spiro atoms. The van der Waals surface area contributed by atoms with Gasteiger partial charge >= 0.3 is 0 Å². The molecule has 4 nitrogen and oxygen atoms in total. The number of rotatable bonds is 4. The van der Waals surface area contributed by atoms with Gasteiger partial charge in [-0.1, -0.05) is 22.9 Å². The Balaban J connectivity index is 1.83. The molecule has 1 heterocycles. The first-order valence-corrected chi connectivity index (χ1v) is 8.54. The molecule has 110 valence electrons. The van der Waals surface area contributed by atoms with Crippen molar-refractivity contribution in [2.75, 3.05) is 39.3 Å². The van der Waals surface area contributed by atoms with Gasteiger partial charge in [0.05, 0.1) is 0 Å². The highest BCUT2D eigenvalue weighted by Gasteiger charge is 2.20. The Hall–Kier alpha value is -0.340. The Kier molecular flexibility index (Phi) is 6.10. The van der Waals surface area contributed by atoms with E-state index in [9.17, 15) is 4.79 Å². The van der Waals surface area contributed by atoms with E-state index in [4.69, 9.17) is 4.74 Å². The molecule has 1 aliphatic heterocycles. The van der Waals surface area contributed by atoms with Gasteiger partial charge in [-0.3, -0.25) is 4.79 Å². The van der Waals surface area contributed by atoms with Crippen molar-refractivity contribution in [3.63, 3.8) is 0 Å². The fourth-order valence-electron chi connectivity index (χ4n) is 2.16. The molecule has 0 unspecified atom stereocenters. The molecule has 1 aromatic rings. The number of hydrogen-bond donors (Lipinski definition) is 0. The molecule has 6 heteroatoms. The fourth-order valence-corrected chi connectivity index (χ4v) is 3.70. The van der Waals surface area contributed by atoms with Crippen LogP contribution in [0.1, 0.15) is 6.92 Å². The van der Waals surface area contributed by atoms with E-state index >= 15 is 0 Å². The number of carbonyl (C=O) groups excluding carboxylic acids is 1. The van der Waals surface area contributed by atoms with Crippen LogP contribution >= 0.6 is 38.5 Å². The number of likely N-dealkylation sites (N-methyl/N-ethyl adjacent to an activating group) is 1. The molecule has 0 bridgehead atoms. The highest BCUT2D eigenvalue weighted by atomic mass is 127. The second-order valence-electron chi connectivity index (χ2n) is 4.71. The predicted molar refractivity (Wildman–Crippen MR) is 91.0 cm³/mol.